The van der Waals surface area contributed by atoms with Crippen LogP contribution in [0.3, 0.4) is 0 Å². The van der Waals surface area contributed by atoms with Crippen LogP contribution >= 0.6 is 35.0 Å². The SMILES string of the molecule is COc1ccccc1N1CCN(C(=O)CSc2nc(Cl)cc(N3CCN(c4cccc(Cl)c4)CC3)n2)CC1. The highest BCUT2D eigenvalue weighted by molar-refractivity contribution is 7.99. The number of aromatic nitrogens is 2. The third kappa shape index (κ3) is 6.39. The van der Waals surface area contributed by atoms with E-state index in [9.17, 15) is 4.79 Å². The van der Waals surface area contributed by atoms with E-state index in [0.717, 1.165) is 67.2 Å². The summed E-state index contributed by atoms with van der Waals surface area (Å²) in [6, 6.07) is 17.7. The standard InChI is InChI=1S/C27H30Cl2N6O2S/c1-37-23-8-3-2-7-22(23)33-11-15-35(16-12-33)26(36)19-38-27-30-24(29)18-25(31-27)34-13-9-32(10-14-34)21-6-4-5-20(28)17-21/h2-8,17-18H,9-16,19H2,1H3. The molecule has 0 unspecified atom stereocenters. The summed E-state index contributed by atoms with van der Waals surface area (Å²) in [5, 5.41) is 1.64. The fourth-order valence-corrected chi connectivity index (χ4v) is 5.95. The first kappa shape index (κ1) is 26.7. The lowest BCUT2D eigenvalue weighted by atomic mass is 10.2. The Kier molecular flexibility index (Phi) is 8.66. The summed E-state index contributed by atoms with van der Waals surface area (Å²) in [4.78, 5) is 30.7. The highest BCUT2D eigenvalue weighted by Gasteiger charge is 2.24. The Morgan fingerprint density at radius 1 is 0.868 bits per heavy atom. The van der Waals surface area contributed by atoms with Gasteiger partial charge < -0.3 is 24.3 Å². The minimum absolute atomic E-state index is 0.0786. The van der Waals surface area contributed by atoms with E-state index in [1.54, 1.807) is 13.2 Å². The molecule has 2 aromatic carbocycles. The van der Waals surface area contributed by atoms with Crippen molar-refractivity contribution in [3.8, 4) is 5.75 Å². The predicted octanol–water partition coefficient (Wildman–Crippen LogP) is 4.56. The van der Waals surface area contributed by atoms with Gasteiger partial charge in [0.05, 0.1) is 18.6 Å². The maximum atomic E-state index is 13.0. The topological polar surface area (TPSA) is 65.0 Å². The van der Waals surface area contributed by atoms with E-state index < -0.39 is 0 Å². The number of anilines is 3. The van der Waals surface area contributed by atoms with Crippen molar-refractivity contribution < 1.29 is 9.53 Å². The number of carbonyl (C=O) groups excluding carboxylic acids is 1. The van der Waals surface area contributed by atoms with Gasteiger partial charge in [-0.25, -0.2) is 9.97 Å². The van der Waals surface area contributed by atoms with Crippen molar-refractivity contribution in [3.05, 3.63) is 64.8 Å². The second kappa shape index (κ2) is 12.3. The molecule has 1 amide bonds. The number of thioether (sulfide) groups is 1. The summed E-state index contributed by atoms with van der Waals surface area (Å²) in [6.07, 6.45) is 0. The maximum Gasteiger partial charge on any atom is 0.233 e. The number of nitrogens with zero attached hydrogens (tertiary/aromatic N) is 6. The van der Waals surface area contributed by atoms with Crippen molar-refractivity contribution >= 4 is 58.1 Å². The zero-order chi connectivity index (χ0) is 26.5. The lowest BCUT2D eigenvalue weighted by molar-refractivity contribution is -0.128. The molecule has 2 saturated heterocycles. The summed E-state index contributed by atoms with van der Waals surface area (Å²) in [5.41, 5.74) is 2.18. The Hall–Kier alpha value is -2.88. The number of piperazine rings is 2. The first-order chi connectivity index (χ1) is 18.5. The van der Waals surface area contributed by atoms with Gasteiger partial charge in [-0.1, -0.05) is 53.2 Å². The summed E-state index contributed by atoms with van der Waals surface area (Å²) in [6.45, 7) is 6.16. The average Bonchev–Trinajstić information content (AvgIpc) is 2.96. The lowest BCUT2D eigenvalue weighted by Crippen LogP contribution is -2.49. The molecule has 8 nitrogen and oxygen atoms in total. The van der Waals surface area contributed by atoms with E-state index in [2.05, 4.69) is 31.8 Å². The maximum absolute atomic E-state index is 13.0. The number of rotatable bonds is 7. The summed E-state index contributed by atoms with van der Waals surface area (Å²) >= 11 is 13.8. The Morgan fingerprint density at radius 2 is 1.58 bits per heavy atom. The van der Waals surface area contributed by atoms with Gasteiger partial charge in [0.1, 0.15) is 16.7 Å². The Balaban J connectivity index is 1.13. The molecule has 0 atom stereocenters. The van der Waals surface area contributed by atoms with E-state index in [0.29, 0.717) is 23.4 Å². The predicted molar refractivity (Wildman–Crippen MR) is 155 cm³/mol. The molecule has 0 spiro atoms. The van der Waals surface area contributed by atoms with Gasteiger partial charge in [0.15, 0.2) is 5.16 Å². The Morgan fingerprint density at radius 3 is 2.32 bits per heavy atom. The van der Waals surface area contributed by atoms with Crippen LogP contribution in [-0.2, 0) is 4.79 Å². The number of hydrogen-bond donors (Lipinski definition) is 0. The van der Waals surface area contributed by atoms with Gasteiger partial charge in [-0.05, 0) is 30.3 Å². The van der Waals surface area contributed by atoms with Crippen LogP contribution in [0.4, 0.5) is 17.2 Å². The quantitative estimate of drug-likeness (QED) is 0.232. The third-order valence-electron chi connectivity index (χ3n) is 6.82. The largest absolute Gasteiger partial charge is 0.495 e. The van der Waals surface area contributed by atoms with Crippen LogP contribution < -0.4 is 19.4 Å². The van der Waals surface area contributed by atoms with Crippen LogP contribution in [0.5, 0.6) is 5.75 Å². The summed E-state index contributed by atoms with van der Waals surface area (Å²) in [5.74, 6) is 1.99. The number of ether oxygens (including phenoxy) is 1. The highest BCUT2D eigenvalue weighted by atomic mass is 35.5. The Labute approximate surface area is 237 Å². The van der Waals surface area contributed by atoms with Gasteiger partial charge in [0, 0.05) is 69.1 Å². The molecule has 0 saturated carbocycles. The molecule has 1 aromatic heterocycles. The normalized spacial score (nSPS) is 16.1. The van der Waals surface area contributed by atoms with Gasteiger partial charge in [-0.2, -0.15) is 0 Å². The molecule has 0 bridgehead atoms. The van der Waals surface area contributed by atoms with Crippen LogP contribution in [0.1, 0.15) is 0 Å². The molecule has 0 aliphatic carbocycles. The van der Waals surface area contributed by atoms with Crippen LogP contribution in [0.25, 0.3) is 0 Å². The van der Waals surface area contributed by atoms with E-state index in [-0.39, 0.29) is 11.7 Å². The molecule has 3 aromatic rings. The van der Waals surface area contributed by atoms with Crippen molar-refractivity contribution in [1.29, 1.82) is 0 Å². The number of amides is 1. The smallest absolute Gasteiger partial charge is 0.233 e. The number of halogens is 2. The molecule has 11 heteroatoms. The zero-order valence-corrected chi connectivity index (χ0v) is 23.6. The van der Waals surface area contributed by atoms with Crippen molar-refractivity contribution in [2.75, 3.05) is 79.9 Å². The van der Waals surface area contributed by atoms with Gasteiger partial charge in [-0.15, -0.1) is 0 Å². The number of para-hydroxylation sites is 2. The molecule has 5 rings (SSSR count). The van der Waals surface area contributed by atoms with E-state index >= 15 is 0 Å². The van der Waals surface area contributed by atoms with Crippen LogP contribution in [0.15, 0.2) is 59.8 Å². The first-order valence-corrected chi connectivity index (χ1v) is 14.3. The van der Waals surface area contributed by atoms with Crippen LogP contribution in [0, 0.1) is 0 Å². The monoisotopic (exact) mass is 572 g/mol. The van der Waals surface area contributed by atoms with Crippen LogP contribution in [-0.4, -0.2) is 86.0 Å². The molecule has 2 aliphatic rings. The van der Waals surface area contributed by atoms with Crippen molar-refractivity contribution in [2.45, 2.75) is 5.16 Å². The molecular weight excluding hydrogens is 543 g/mol. The third-order valence-corrected chi connectivity index (χ3v) is 8.08. The molecule has 200 valence electrons. The van der Waals surface area contributed by atoms with Crippen molar-refractivity contribution in [1.82, 2.24) is 14.9 Å². The second-order valence-electron chi connectivity index (χ2n) is 9.11. The summed E-state index contributed by atoms with van der Waals surface area (Å²) in [7, 11) is 1.68. The molecule has 0 N–H and O–H groups in total. The Bertz CT molecular complexity index is 1270. The van der Waals surface area contributed by atoms with E-state index in [1.165, 1.54) is 11.8 Å². The van der Waals surface area contributed by atoms with Gasteiger partial charge in [0.25, 0.3) is 0 Å². The molecule has 3 heterocycles. The zero-order valence-electron chi connectivity index (χ0n) is 21.2. The fraction of sp³-hybridized carbons (Fsp3) is 0.370. The number of hydrogen-bond acceptors (Lipinski definition) is 8. The van der Waals surface area contributed by atoms with Crippen molar-refractivity contribution in [3.63, 3.8) is 0 Å². The van der Waals surface area contributed by atoms with Crippen LogP contribution in [0.2, 0.25) is 10.2 Å². The van der Waals surface area contributed by atoms with Gasteiger partial charge >= 0.3 is 0 Å². The van der Waals surface area contributed by atoms with Gasteiger partial charge in [-0.3, -0.25) is 4.79 Å². The fourth-order valence-electron chi connectivity index (χ4n) is 4.78. The average molecular weight is 574 g/mol. The molecule has 2 fully saturated rings. The minimum atomic E-state index is 0.0786. The molecule has 0 radical (unpaired) electrons. The minimum Gasteiger partial charge on any atom is -0.495 e. The number of methoxy groups -OCH3 is 1. The molecular formula is C27H30Cl2N6O2S. The highest BCUT2D eigenvalue weighted by Crippen LogP contribution is 2.29. The number of carbonyl (C=O) groups is 1. The second-order valence-corrected chi connectivity index (χ2v) is 10.9. The van der Waals surface area contributed by atoms with E-state index in [4.69, 9.17) is 32.9 Å². The first-order valence-electron chi connectivity index (χ1n) is 12.6. The van der Waals surface area contributed by atoms with Gasteiger partial charge in [0.2, 0.25) is 5.91 Å². The van der Waals surface area contributed by atoms with E-state index in [1.807, 2.05) is 41.3 Å². The van der Waals surface area contributed by atoms with Crippen molar-refractivity contribution in [2.24, 2.45) is 0 Å². The lowest BCUT2D eigenvalue weighted by Gasteiger charge is -2.37. The molecule has 38 heavy (non-hydrogen) atoms. The number of benzene rings is 2. The summed E-state index contributed by atoms with van der Waals surface area (Å²) < 4.78 is 5.49. The molecule has 2 aliphatic heterocycles.